The molecule has 5 nitrogen and oxygen atoms in total. The zero-order valence-electron chi connectivity index (χ0n) is 11.5. The maximum atomic E-state index is 11.3. The van der Waals surface area contributed by atoms with Crippen LogP contribution in [-0.2, 0) is 18.3 Å². The smallest absolute Gasteiger partial charge is 0.312 e. The zero-order valence-corrected chi connectivity index (χ0v) is 11.5. The van der Waals surface area contributed by atoms with Gasteiger partial charge in [0.05, 0.1) is 11.6 Å². The number of nitrogens with zero attached hydrogens (tertiary/aromatic N) is 2. The molecule has 0 aliphatic heterocycles. The van der Waals surface area contributed by atoms with Gasteiger partial charge in [-0.3, -0.25) is 9.48 Å². The lowest BCUT2D eigenvalue weighted by molar-refractivity contribution is -0.138. The van der Waals surface area contributed by atoms with Gasteiger partial charge in [0.2, 0.25) is 0 Å². The van der Waals surface area contributed by atoms with Crippen molar-refractivity contribution < 1.29 is 9.90 Å². The molecule has 0 bridgehead atoms. The molecule has 0 radical (unpaired) electrons. The van der Waals surface area contributed by atoms with Gasteiger partial charge >= 0.3 is 5.97 Å². The number of aliphatic carboxylic acids is 1. The molecule has 20 heavy (non-hydrogen) atoms. The monoisotopic (exact) mass is 273 g/mol. The number of benzene rings is 1. The highest BCUT2D eigenvalue weighted by atomic mass is 16.4. The average Bonchev–Trinajstić information content (AvgIpc) is 2.85. The third-order valence-electron chi connectivity index (χ3n) is 3.18. The van der Waals surface area contributed by atoms with Crippen LogP contribution in [0.25, 0.3) is 0 Å². The van der Waals surface area contributed by atoms with Crippen LogP contribution in [0.15, 0.2) is 42.6 Å². The van der Waals surface area contributed by atoms with E-state index < -0.39 is 11.9 Å². The summed E-state index contributed by atoms with van der Waals surface area (Å²) in [6.07, 6.45) is 2.70. The molecule has 2 N–H and O–H groups in total. The SMILES string of the molecule is Cn1ccc(CCNCC(C(=O)O)c2ccccc2)n1. The Balaban J connectivity index is 1.83. The first kappa shape index (κ1) is 14.3. The van der Waals surface area contributed by atoms with Crippen molar-refractivity contribution in [1.29, 1.82) is 0 Å². The van der Waals surface area contributed by atoms with Crippen molar-refractivity contribution in [3.63, 3.8) is 0 Å². The van der Waals surface area contributed by atoms with Crippen LogP contribution < -0.4 is 5.32 Å². The van der Waals surface area contributed by atoms with Crippen LogP contribution in [0.4, 0.5) is 0 Å². The number of nitrogens with one attached hydrogen (secondary N) is 1. The second-order valence-electron chi connectivity index (χ2n) is 4.74. The second-order valence-corrected chi connectivity index (χ2v) is 4.74. The van der Waals surface area contributed by atoms with E-state index in [1.807, 2.05) is 49.6 Å². The first-order valence-electron chi connectivity index (χ1n) is 6.64. The Morgan fingerprint density at radius 3 is 2.70 bits per heavy atom. The minimum atomic E-state index is -0.804. The first-order chi connectivity index (χ1) is 9.66. The maximum Gasteiger partial charge on any atom is 0.312 e. The van der Waals surface area contributed by atoms with E-state index in [0.717, 1.165) is 17.7 Å². The van der Waals surface area contributed by atoms with E-state index in [1.54, 1.807) is 4.68 Å². The molecule has 0 spiro atoms. The van der Waals surface area contributed by atoms with E-state index in [1.165, 1.54) is 0 Å². The average molecular weight is 273 g/mol. The Hall–Kier alpha value is -2.14. The van der Waals surface area contributed by atoms with E-state index >= 15 is 0 Å². The third-order valence-corrected chi connectivity index (χ3v) is 3.18. The minimum absolute atomic E-state index is 0.423. The standard InChI is InChI=1S/C15H19N3O2/c1-18-10-8-13(17-18)7-9-16-11-14(15(19)20)12-5-3-2-4-6-12/h2-6,8,10,14,16H,7,9,11H2,1H3,(H,19,20). The van der Waals surface area contributed by atoms with Crippen molar-refractivity contribution in [2.24, 2.45) is 7.05 Å². The van der Waals surface area contributed by atoms with Gasteiger partial charge in [-0.25, -0.2) is 0 Å². The van der Waals surface area contributed by atoms with E-state index in [9.17, 15) is 9.90 Å². The number of rotatable bonds is 7. The summed E-state index contributed by atoms with van der Waals surface area (Å²) in [5.41, 5.74) is 1.83. The van der Waals surface area contributed by atoms with Crippen LogP contribution in [0.2, 0.25) is 0 Å². The molecule has 0 aliphatic rings. The van der Waals surface area contributed by atoms with Crippen LogP contribution in [0.5, 0.6) is 0 Å². The Kier molecular flexibility index (Phi) is 4.90. The molecule has 1 atom stereocenters. The third kappa shape index (κ3) is 3.93. The molecule has 1 aromatic carbocycles. The highest BCUT2D eigenvalue weighted by molar-refractivity contribution is 5.76. The molecular formula is C15H19N3O2. The Morgan fingerprint density at radius 1 is 1.35 bits per heavy atom. The fourth-order valence-electron chi connectivity index (χ4n) is 2.09. The predicted octanol–water partition coefficient (Wildman–Crippen LogP) is 1.42. The van der Waals surface area contributed by atoms with Gasteiger partial charge in [-0.2, -0.15) is 5.10 Å². The van der Waals surface area contributed by atoms with Crippen LogP contribution in [-0.4, -0.2) is 33.9 Å². The molecule has 0 saturated carbocycles. The molecule has 0 fully saturated rings. The highest BCUT2D eigenvalue weighted by Crippen LogP contribution is 2.14. The van der Waals surface area contributed by atoms with Gasteiger partial charge in [-0.15, -0.1) is 0 Å². The lowest BCUT2D eigenvalue weighted by Crippen LogP contribution is -2.28. The summed E-state index contributed by atoms with van der Waals surface area (Å²) in [5, 5.41) is 16.8. The van der Waals surface area contributed by atoms with Crippen LogP contribution in [0.1, 0.15) is 17.2 Å². The lowest BCUT2D eigenvalue weighted by Gasteiger charge is -2.13. The number of carbonyl (C=O) groups is 1. The summed E-state index contributed by atoms with van der Waals surface area (Å²) in [4.78, 5) is 11.3. The quantitative estimate of drug-likeness (QED) is 0.749. The topological polar surface area (TPSA) is 67.2 Å². The summed E-state index contributed by atoms with van der Waals surface area (Å²) in [6.45, 7) is 1.14. The zero-order chi connectivity index (χ0) is 14.4. The van der Waals surface area contributed by atoms with Crippen molar-refractivity contribution in [3.05, 3.63) is 53.9 Å². The van der Waals surface area contributed by atoms with Gasteiger partial charge < -0.3 is 10.4 Å². The summed E-state index contributed by atoms with van der Waals surface area (Å²) in [7, 11) is 1.88. The van der Waals surface area contributed by atoms with E-state index in [0.29, 0.717) is 13.1 Å². The maximum absolute atomic E-state index is 11.3. The van der Waals surface area contributed by atoms with Crippen molar-refractivity contribution in [2.75, 3.05) is 13.1 Å². The summed E-state index contributed by atoms with van der Waals surface area (Å²) < 4.78 is 1.76. The van der Waals surface area contributed by atoms with Crippen LogP contribution in [0.3, 0.4) is 0 Å². The Morgan fingerprint density at radius 2 is 2.10 bits per heavy atom. The molecule has 1 unspecified atom stereocenters. The van der Waals surface area contributed by atoms with Gasteiger partial charge in [0.15, 0.2) is 0 Å². The fourth-order valence-corrected chi connectivity index (χ4v) is 2.09. The largest absolute Gasteiger partial charge is 0.481 e. The van der Waals surface area contributed by atoms with E-state index in [2.05, 4.69) is 10.4 Å². The molecule has 0 aliphatic carbocycles. The van der Waals surface area contributed by atoms with E-state index in [4.69, 9.17) is 0 Å². The summed E-state index contributed by atoms with van der Waals surface area (Å²) in [5.74, 6) is -1.32. The Labute approximate surface area is 118 Å². The first-order valence-corrected chi connectivity index (χ1v) is 6.64. The lowest BCUT2D eigenvalue weighted by atomic mass is 9.99. The number of aromatic nitrogens is 2. The molecule has 5 heteroatoms. The van der Waals surface area contributed by atoms with Gasteiger partial charge in [0, 0.05) is 32.8 Å². The van der Waals surface area contributed by atoms with Crippen molar-refractivity contribution in [2.45, 2.75) is 12.3 Å². The summed E-state index contributed by atoms with van der Waals surface area (Å²) >= 11 is 0. The second kappa shape index (κ2) is 6.86. The van der Waals surface area contributed by atoms with Gasteiger partial charge in [0.25, 0.3) is 0 Å². The minimum Gasteiger partial charge on any atom is -0.481 e. The van der Waals surface area contributed by atoms with Crippen molar-refractivity contribution in [1.82, 2.24) is 15.1 Å². The number of aryl methyl sites for hydroxylation is 1. The highest BCUT2D eigenvalue weighted by Gasteiger charge is 2.18. The van der Waals surface area contributed by atoms with Crippen molar-refractivity contribution in [3.8, 4) is 0 Å². The Bertz CT molecular complexity index is 551. The number of carboxylic acid groups (broad SMARTS) is 1. The number of hydrogen-bond acceptors (Lipinski definition) is 3. The molecule has 2 rings (SSSR count). The van der Waals surface area contributed by atoms with Crippen LogP contribution >= 0.6 is 0 Å². The fraction of sp³-hybridized carbons (Fsp3) is 0.333. The number of carboxylic acids is 1. The molecule has 106 valence electrons. The summed E-state index contributed by atoms with van der Waals surface area (Å²) in [6, 6.07) is 11.3. The molecule has 1 aromatic heterocycles. The molecule has 1 heterocycles. The van der Waals surface area contributed by atoms with Crippen molar-refractivity contribution >= 4 is 5.97 Å². The molecule has 0 saturated heterocycles. The van der Waals surface area contributed by atoms with Gasteiger partial charge in [-0.1, -0.05) is 30.3 Å². The number of hydrogen-bond donors (Lipinski definition) is 2. The van der Waals surface area contributed by atoms with E-state index in [-0.39, 0.29) is 0 Å². The van der Waals surface area contributed by atoms with Crippen LogP contribution in [0, 0.1) is 0 Å². The molecule has 2 aromatic rings. The van der Waals surface area contributed by atoms with Gasteiger partial charge in [-0.05, 0) is 11.6 Å². The normalized spacial score (nSPS) is 12.2. The predicted molar refractivity (Wildman–Crippen MR) is 76.6 cm³/mol. The molecular weight excluding hydrogens is 254 g/mol. The molecule has 0 amide bonds. The van der Waals surface area contributed by atoms with Gasteiger partial charge in [0.1, 0.15) is 0 Å².